The van der Waals surface area contributed by atoms with Crippen LogP contribution in [-0.4, -0.2) is 24.6 Å². The van der Waals surface area contributed by atoms with Gasteiger partial charge in [-0.1, -0.05) is 82.4 Å². The van der Waals surface area contributed by atoms with Crippen molar-refractivity contribution in [3.05, 3.63) is 72.8 Å². The minimum absolute atomic E-state index is 0. The molecule has 0 bridgehead atoms. The van der Waals surface area contributed by atoms with Crippen molar-refractivity contribution in [2.45, 2.75) is 54.4 Å². The van der Waals surface area contributed by atoms with Gasteiger partial charge in [0.2, 0.25) is 0 Å². The largest absolute Gasteiger partial charge is 4.00 e. The van der Waals surface area contributed by atoms with Gasteiger partial charge in [-0.25, -0.2) is 0 Å². The van der Waals surface area contributed by atoms with E-state index in [1.165, 1.54) is 59.0 Å². The Morgan fingerprint density at radius 3 is 1.35 bits per heavy atom. The molecule has 0 aromatic heterocycles. The summed E-state index contributed by atoms with van der Waals surface area (Å²) in [6.45, 7) is 14.0. The second-order valence-electron chi connectivity index (χ2n) is 10.4. The third-order valence-electron chi connectivity index (χ3n) is 6.09. The van der Waals surface area contributed by atoms with Gasteiger partial charge in [-0.3, -0.25) is 0 Å². The number of fused-ring (bicyclic) bond motifs is 2. The van der Waals surface area contributed by atoms with Crippen molar-refractivity contribution in [1.29, 1.82) is 0 Å². The van der Waals surface area contributed by atoms with E-state index in [4.69, 9.17) is 0 Å². The van der Waals surface area contributed by atoms with Crippen molar-refractivity contribution in [1.82, 2.24) is 0 Å². The monoisotopic (exact) mass is 740 g/mol. The number of hydrogen-bond donors (Lipinski definition) is 0. The molecule has 0 saturated carbocycles. The molecule has 0 aliphatic carbocycles. The van der Waals surface area contributed by atoms with Gasteiger partial charge in [-0.15, -0.1) is 80.7 Å². The van der Waals surface area contributed by atoms with Crippen LogP contribution in [0.3, 0.4) is 0 Å². The minimum Gasteiger partial charge on any atom is -1.00 e. The third kappa shape index (κ3) is 11.5. The quantitative estimate of drug-likeness (QED) is 0.133. The molecule has 0 aliphatic rings. The van der Waals surface area contributed by atoms with E-state index >= 15 is 0 Å². The molecule has 0 radical (unpaired) electrons. The SMILES string of the molecule is CC(C)CP(CC(C)C)c1cc2ccccc2[cH-]1.CCCP(CCC)c1cc2ccccc2[cH-]1.[Cl-].[Cl-].[Hf+4]. The third-order valence-corrected chi connectivity index (χ3v) is 12.4. The molecule has 4 aromatic rings. The molecule has 0 saturated heterocycles. The van der Waals surface area contributed by atoms with Crippen molar-refractivity contribution in [2.75, 3.05) is 24.6 Å². The molecular weight excluding hydrogens is 696 g/mol. The first-order chi connectivity index (χ1) is 16.4. The molecule has 200 valence electrons. The Hall–Kier alpha value is -0.0299. The minimum atomic E-state index is 0. The standard InChI is InChI=1S/C17H24P.C15H20P.2ClH.Hf/c1-13(2)11-18(12-14(3)4)17-9-15-7-5-6-8-16(15)10-17;1-3-9-16(10-4-2)15-11-13-7-5-6-8-14(13)12-15;;;/h5-10,13-14H,11-12H2,1-4H3;5-8,11-12H,3-4,9-10H2,1-2H3;2*1H;/q2*-1;;;+4/p-2. The molecule has 5 heteroatoms. The molecule has 0 aliphatic heterocycles. The summed E-state index contributed by atoms with van der Waals surface area (Å²) < 4.78 is 0. The van der Waals surface area contributed by atoms with Gasteiger partial charge >= 0.3 is 25.8 Å². The van der Waals surface area contributed by atoms with Gasteiger partial charge in [-0.2, -0.15) is 12.1 Å². The van der Waals surface area contributed by atoms with Gasteiger partial charge in [-0.05, 0) is 36.5 Å². The normalized spacial score (nSPS) is 10.9. The van der Waals surface area contributed by atoms with Crippen LogP contribution < -0.4 is 35.4 Å². The van der Waals surface area contributed by atoms with Crippen LogP contribution in [0.2, 0.25) is 0 Å². The topological polar surface area (TPSA) is 0 Å². The van der Waals surface area contributed by atoms with Gasteiger partial charge in [0.1, 0.15) is 0 Å². The smallest absolute Gasteiger partial charge is 1.00 e. The Morgan fingerprint density at radius 1 is 0.622 bits per heavy atom. The molecule has 0 unspecified atom stereocenters. The van der Waals surface area contributed by atoms with E-state index in [9.17, 15) is 0 Å². The summed E-state index contributed by atoms with van der Waals surface area (Å²) in [5.41, 5.74) is 0. The maximum atomic E-state index is 2.42. The summed E-state index contributed by atoms with van der Waals surface area (Å²) in [6, 6.07) is 27.1. The Labute approximate surface area is 260 Å². The second-order valence-corrected chi connectivity index (χ2v) is 15.2. The first-order valence-corrected chi connectivity index (χ1v) is 16.6. The number of halogens is 2. The first-order valence-electron chi connectivity index (χ1n) is 13.2. The maximum Gasteiger partial charge on any atom is 4.00 e. The molecular formula is C32H44Cl2HfP2. The number of rotatable bonds is 10. The van der Waals surface area contributed by atoms with Crippen LogP contribution in [0.1, 0.15) is 54.4 Å². The van der Waals surface area contributed by atoms with E-state index < -0.39 is 0 Å². The predicted molar refractivity (Wildman–Crippen MR) is 162 cm³/mol. The fraction of sp³-hybridized carbons (Fsp3) is 0.438. The Balaban J connectivity index is 0.000000651. The van der Waals surface area contributed by atoms with Crippen LogP contribution in [0, 0.1) is 11.8 Å². The molecule has 4 rings (SSSR count). The van der Waals surface area contributed by atoms with Crippen LogP contribution in [-0.2, 0) is 25.8 Å². The fourth-order valence-corrected chi connectivity index (χ4v) is 10.2. The summed E-state index contributed by atoms with van der Waals surface area (Å²) in [6.07, 6.45) is 8.13. The van der Waals surface area contributed by atoms with Crippen LogP contribution in [0.5, 0.6) is 0 Å². The summed E-state index contributed by atoms with van der Waals surface area (Å²) in [4.78, 5) is 0. The molecule has 0 fully saturated rings. The average Bonchev–Trinajstić information content (AvgIpc) is 3.42. The van der Waals surface area contributed by atoms with Crippen LogP contribution >= 0.6 is 15.8 Å². The zero-order valence-corrected chi connectivity index (χ0v) is 30.4. The molecule has 0 N–H and O–H groups in total. The second kappa shape index (κ2) is 19.1. The summed E-state index contributed by atoms with van der Waals surface area (Å²) in [7, 11) is 0.116. The van der Waals surface area contributed by atoms with E-state index in [1.807, 2.05) is 0 Å². The Bertz CT molecular complexity index is 1050. The summed E-state index contributed by atoms with van der Waals surface area (Å²) in [5.74, 6) is 1.60. The van der Waals surface area contributed by atoms with E-state index in [2.05, 4.69) is 114 Å². The van der Waals surface area contributed by atoms with Crippen LogP contribution in [0.4, 0.5) is 0 Å². The first kappa shape index (κ1) is 37.0. The van der Waals surface area contributed by atoms with Gasteiger partial charge in [0.05, 0.1) is 0 Å². The maximum absolute atomic E-state index is 2.42. The van der Waals surface area contributed by atoms with E-state index in [-0.39, 0.29) is 66.5 Å². The molecule has 4 aromatic carbocycles. The van der Waals surface area contributed by atoms with E-state index in [0.29, 0.717) is 0 Å². The zero-order chi connectivity index (χ0) is 24.5. The zero-order valence-electron chi connectivity index (χ0n) is 23.5. The fourth-order valence-electron chi connectivity index (χ4n) is 4.71. The van der Waals surface area contributed by atoms with Gasteiger partial charge in [0.15, 0.2) is 0 Å². The van der Waals surface area contributed by atoms with E-state index in [0.717, 1.165) is 11.8 Å². The van der Waals surface area contributed by atoms with Gasteiger partial charge in [0, 0.05) is 0 Å². The van der Waals surface area contributed by atoms with Crippen LogP contribution in [0.15, 0.2) is 72.8 Å². The predicted octanol–water partition coefficient (Wildman–Crippen LogP) is 3.47. The molecule has 0 spiro atoms. The van der Waals surface area contributed by atoms with Crippen LogP contribution in [0.25, 0.3) is 21.5 Å². The molecule has 0 amide bonds. The summed E-state index contributed by atoms with van der Waals surface area (Å²) >= 11 is 0. The van der Waals surface area contributed by atoms with Gasteiger partial charge < -0.3 is 24.8 Å². The number of benzene rings is 2. The molecule has 37 heavy (non-hydrogen) atoms. The van der Waals surface area contributed by atoms with Crippen molar-refractivity contribution in [3.63, 3.8) is 0 Å². The molecule has 0 heterocycles. The van der Waals surface area contributed by atoms with Gasteiger partial charge in [0.25, 0.3) is 0 Å². The Morgan fingerprint density at radius 2 is 1.00 bits per heavy atom. The number of hydrogen-bond acceptors (Lipinski definition) is 0. The Kier molecular flexibility index (Phi) is 19.1. The summed E-state index contributed by atoms with van der Waals surface area (Å²) in [5, 5.41) is 8.86. The molecule has 0 nitrogen and oxygen atoms in total. The van der Waals surface area contributed by atoms with E-state index in [1.54, 1.807) is 10.6 Å². The van der Waals surface area contributed by atoms with Crippen molar-refractivity contribution in [3.8, 4) is 0 Å². The molecule has 0 atom stereocenters. The van der Waals surface area contributed by atoms with Crippen molar-refractivity contribution < 1.29 is 50.7 Å². The average molecular weight is 740 g/mol. The van der Waals surface area contributed by atoms with Crippen molar-refractivity contribution >= 4 is 48.0 Å². The van der Waals surface area contributed by atoms with Crippen molar-refractivity contribution in [2.24, 2.45) is 11.8 Å².